The van der Waals surface area contributed by atoms with E-state index in [1.165, 1.54) is 0 Å². The van der Waals surface area contributed by atoms with Gasteiger partial charge in [-0.25, -0.2) is 4.98 Å². The third-order valence-electron chi connectivity index (χ3n) is 12.0. The van der Waals surface area contributed by atoms with Crippen molar-refractivity contribution in [1.29, 1.82) is 5.26 Å². The number of benzene rings is 1. The van der Waals surface area contributed by atoms with Crippen LogP contribution in [0.15, 0.2) is 59.7 Å². The van der Waals surface area contributed by atoms with Gasteiger partial charge in [0.05, 0.1) is 27.2 Å². The van der Waals surface area contributed by atoms with E-state index < -0.39 is 0 Å². The number of fused-ring (bicyclic) bond motifs is 1. The fourth-order valence-corrected chi connectivity index (χ4v) is 9.34. The predicted octanol–water partition coefficient (Wildman–Crippen LogP) is 6.05. The summed E-state index contributed by atoms with van der Waals surface area (Å²) in [4.78, 5) is 45.5. The van der Waals surface area contributed by atoms with Gasteiger partial charge in [0.1, 0.15) is 23.7 Å². The zero-order valence-corrected chi connectivity index (χ0v) is 32.7. The number of carbonyl (C=O) groups is 1. The number of hydrogen-bond acceptors (Lipinski definition) is 9. The second-order valence-corrected chi connectivity index (χ2v) is 16.9. The first-order valence-electron chi connectivity index (χ1n) is 19.2. The van der Waals surface area contributed by atoms with Crippen LogP contribution in [0.1, 0.15) is 74.5 Å². The summed E-state index contributed by atoms with van der Waals surface area (Å²) in [6.45, 7) is 18.4. The number of aryl methyl sites for hydroxylation is 1. The minimum Gasteiger partial charge on any atom is -0.489 e. The number of amides is 1. The Hall–Kier alpha value is -4.50. The molecule has 3 fully saturated rings. The first kappa shape index (κ1) is 37.8. The maximum atomic E-state index is 13.4. The van der Waals surface area contributed by atoms with E-state index in [1.807, 2.05) is 31.3 Å². The predicted molar refractivity (Wildman–Crippen MR) is 212 cm³/mol. The van der Waals surface area contributed by atoms with Crippen LogP contribution in [0.5, 0.6) is 5.75 Å². The first-order chi connectivity index (χ1) is 25.8. The molecule has 11 nitrogen and oxygen atoms in total. The van der Waals surface area contributed by atoms with Gasteiger partial charge in [-0.15, -0.1) is 0 Å². The number of anilines is 1. The molecule has 3 aliphatic rings. The van der Waals surface area contributed by atoms with Crippen molar-refractivity contribution >= 4 is 34.4 Å². The molecule has 2 N–H and O–H groups in total. The van der Waals surface area contributed by atoms with Gasteiger partial charge in [0.2, 0.25) is 0 Å². The largest absolute Gasteiger partial charge is 0.489 e. The van der Waals surface area contributed by atoms with Crippen molar-refractivity contribution in [3.05, 3.63) is 92.5 Å². The number of hydrogen-bond donors (Lipinski definition) is 2. The maximum absolute atomic E-state index is 13.4. The molecule has 2 aliphatic heterocycles. The number of ether oxygens (including phenoxy) is 1. The number of nitrogens with zero attached hydrogens (tertiary/aromatic N) is 6. The van der Waals surface area contributed by atoms with Crippen LogP contribution in [0.2, 0.25) is 5.02 Å². The van der Waals surface area contributed by atoms with Gasteiger partial charge in [0.25, 0.3) is 11.5 Å². The molecule has 1 aromatic carbocycles. The molecule has 3 aromatic heterocycles. The quantitative estimate of drug-likeness (QED) is 0.199. The van der Waals surface area contributed by atoms with Crippen LogP contribution >= 0.6 is 11.6 Å². The molecule has 1 aliphatic carbocycles. The van der Waals surface area contributed by atoms with Crippen molar-refractivity contribution in [3.8, 4) is 11.8 Å². The average molecular weight is 751 g/mol. The number of H-pyrrole nitrogens is 1. The van der Waals surface area contributed by atoms with Gasteiger partial charge < -0.3 is 24.8 Å². The lowest BCUT2D eigenvalue weighted by atomic mass is 9.49. The number of aromatic amines is 1. The third kappa shape index (κ3) is 7.70. The molecule has 0 radical (unpaired) electrons. The minimum absolute atomic E-state index is 0.0220. The summed E-state index contributed by atoms with van der Waals surface area (Å²) in [6, 6.07) is 14.9. The number of piperazine rings is 1. The molecule has 7 rings (SSSR count). The maximum Gasteiger partial charge on any atom is 0.253 e. The second kappa shape index (κ2) is 15.3. The third-order valence-corrected chi connectivity index (χ3v) is 12.3. The second-order valence-electron chi connectivity index (χ2n) is 16.5. The van der Waals surface area contributed by atoms with Gasteiger partial charge in [-0.3, -0.25) is 19.5 Å². The number of halogens is 1. The van der Waals surface area contributed by atoms with E-state index in [2.05, 4.69) is 69.8 Å². The van der Waals surface area contributed by atoms with Gasteiger partial charge in [0, 0.05) is 93.3 Å². The molecular formula is C42H51ClN8O3. The van der Waals surface area contributed by atoms with Crippen LogP contribution < -0.4 is 20.5 Å². The van der Waals surface area contributed by atoms with E-state index in [4.69, 9.17) is 21.3 Å². The molecular weight excluding hydrogens is 700 g/mol. The molecule has 4 aromatic rings. The number of rotatable bonds is 10. The Morgan fingerprint density at radius 1 is 0.981 bits per heavy atom. The molecule has 0 spiro atoms. The van der Waals surface area contributed by atoms with Crippen LogP contribution in [-0.4, -0.2) is 88.6 Å². The Bertz CT molecular complexity index is 2080. The Balaban J connectivity index is 0.852. The van der Waals surface area contributed by atoms with E-state index in [1.54, 1.807) is 24.4 Å². The summed E-state index contributed by atoms with van der Waals surface area (Å²) >= 11 is 6.25. The minimum atomic E-state index is -0.344. The summed E-state index contributed by atoms with van der Waals surface area (Å²) in [6.07, 6.45) is 6.40. The molecule has 1 saturated carbocycles. The van der Waals surface area contributed by atoms with Crippen LogP contribution in [0, 0.1) is 28.1 Å². The SMILES string of the molecule is CCc1cc2ncc(CN3CCN(CC4CCN(c5ccc(C(=O)NC6C(C)(C)C(Oc7ccc(C#N)c(Cl)c7)C6(C)C)cn5)CC4)CC3)cc2[nH]c1=O. The molecule has 0 atom stereocenters. The molecule has 1 amide bonds. The fourth-order valence-electron chi connectivity index (χ4n) is 9.13. The van der Waals surface area contributed by atoms with Crippen LogP contribution in [-0.2, 0) is 13.0 Å². The number of carbonyl (C=O) groups excluding carboxylic acids is 1. The van der Waals surface area contributed by atoms with E-state index in [0.717, 1.165) is 93.2 Å². The Morgan fingerprint density at radius 3 is 2.35 bits per heavy atom. The van der Waals surface area contributed by atoms with Crippen LogP contribution in [0.3, 0.4) is 0 Å². The van der Waals surface area contributed by atoms with Crippen LogP contribution in [0.4, 0.5) is 5.82 Å². The summed E-state index contributed by atoms with van der Waals surface area (Å²) in [7, 11) is 0. The lowest BCUT2D eigenvalue weighted by Gasteiger charge is -2.63. The number of aromatic nitrogens is 3. The summed E-state index contributed by atoms with van der Waals surface area (Å²) in [5.41, 5.74) is 3.79. The summed E-state index contributed by atoms with van der Waals surface area (Å²) < 4.78 is 6.38. The molecule has 2 saturated heterocycles. The number of pyridine rings is 3. The van der Waals surface area contributed by atoms with E-state index in [0.29, 0.717) is 34.2 Å². The fraction of sp³-hybridized carbons (Fsp3) is 0.500. The smallest absolute Gasteiger partial charge is 0.253 e. The van der Waals surface area contributed by atoms with E-state index >= 15 is 0 Å². The molecule has 5 heterocycles. The zero-order valence-electron chi connectivity index (χ0n) is 32.0. The van der Waals surface area contributed by atoms with Crippen molar-refractivity contribution < 1.29 is 9.53 Å². The van der Waals surface area contributed by atoms with Crippen LogP contribution in [0.25, 0.3) is 11.0 Å². The first-order valence-corrected chi connectivity index (χ1v) is 19.6. The highest BCUT2D eigenvalue weighted by atomic mass is 35.5. The lowest BCUT2D eigenvalue weighted by Crippen LogP contribution is -2.74. The monoisotopic (exact) mass is 750 g/mol. The molecule has 54 heavy (non-hydrogen) atoms. The Labute approximate surface area is 322 Å². The number of nitriles is 1. The van der Waals surface area contributed by atoms with Crippen molar-refractivity contribution in [2.75, 3.05) is 50.7 Å². The highest BCUT2D eigenvalue weighted by Crippen LogP contribution is 2.55. The highest BCUT2D eigenvalue weighted by molar-refractivity contribution is 6.31. The number of nitrogens with one attached hydrogen (secondary N) is 2. The van der Waals surface area contributed by atoms with Crippen molar-refractivity contribution in [3.63, 3.8) is 0 Å². The lowest BCUT2D eigenvalue weighted by molar-refractivity contribution is -0.164. The highest BCUT2D eigenvalue weighted by Gasteiger charge is 2.64. The molecule has 12 heteroatoms. The van der Waals surface area contributed by atoms with Gasteiger partial charge in [0.15, 0.2) is 0 Å². The van der Waals surface area contributed by atoms with Gasteiger partial charge in [-0.05, 0) is 67.1 Å². The average Bonchev–Trinajstić information content (AvgIpc) is 3.16. The normalized spacial score (nSPS) is 21.7. The van der Waals surface area contributed by atoms with Gasteiger partial charge >= 0.3 is 0 Å². The van der Waals surface area contributed by atoms with E-state index in [9.17, 15) is 14.9 Å². The molecule has 0 unspecified atom stereocenters. The number of piperidine rings is 1. The zero-order chi connectivity index (χ0) is 38.2. The van der Waals surface area contributed by atoms with E-state index in [-0.39, 0.29) is 34.4 Å². The van der Waals surface area contributed by atoms with Crippen molar-refractivity contribution in [1.82, 2.24) is 30.1 Å². The topological polar surface area (TPSA) is 130 Å². The molecule has 0 bridgehead atoms. The summed E-state index contributed by atoms with van der Waals surface area (Å²) in [5, 5.41) is 12.8. The van der Waals surface area contributed by atoms with Crippen molar-refractivity contribution in [2.24, 2.45) is 16.7 Å². The Morgan fingerprint density at radius 2 is 1.70 bits per heavy atom. The standard InChI is InChI=1S/C42H51ClN8O3/c1-6-29-20-34-35(47-37(29)52)19-28(23-45-34)26-50-17-15-49(16-18-50)25-27-11-13-51(14-12-27)36-10-8-31(24-46-36)38(53)48-39-41(2,3)40(42(39,4)5)54-32-9-7-30(22-44)33(43)21-32/h7-10,19-21,23-24,27,39-40H,6,11-18,25-26H2,1-5H3,(H,47,52)(H,48,53). The molecule has 284 valence electrons. The summed E-state index contributed by atoms with van der Waals surface area (Å²) in [5.74, 6) is 2.03. The van der Waals surface area contributed by atoms with Gasteiger partial charge in [-0.1, -0.05) is 46.2 Å². The van der Waals surface area contributed by atoms with Crippen molar-refractivity contribution in [2.45, 2.75) is 72.6 Å². The van der Waals surface area contributed by atoms with Gasteiger partial charge in [-0.2, -0.15) is 5.26 Å². The Kier molecular flexibility index (Phi) is 10.7.